The predicted molar refractivity (Wildman–Crippen MR) is 117 cm³/mol. The van der Waals surface area contributed by atoms with Gasteiger partial charge in [0.25, 0.3) is 0 Å². The highest BCUT2D eigenvalue weighted by molar-refractivity contribution is 5.80. The summed E-state index contributed by atoms with van der Waals surface area (Å²) in [5, 5.41) is 12.6. The molecular formula is C23H27N5O2. The highest BCUT2D eigenvalue weighted by atomic mass is 16.5. The second-order valence-corrected chi connectivity index (χ2v) is 8.10. The first-order valence-corrected chi connectivity index (χ1v) is 10.8. The maximum Gasteiger partial charge on any atom is 0.172 e. The Hall–Kier alpha value is -2.93. The molecule has 2 fully saturated rings. The van der Waals surface area contributed by atoms with E-state index in [2.05, 4.69) is 15.2 Å². The number of ether oxygens (including phenoxy) is 1. The second kappa shape index (κ2) is 8.44. The lowest BCUT2D eigenvalue weighted by Crippen LogP contribution is -2.39. The summed E-state index contributed by atoms with van der Waals surface area (Å²) in [6, 6.07) is 10.5. The number of hydrogen-bond donors (Lipinski definition) is 2. The monoisotopic (exact) mass is 405 g/mol. The molecule has 3 heterocycles. The number of aliphatic hydroxyl groups excluding tert-OH is 1. The van der Waals surface area contributed by atoms with Gasteiger partial charge in [-0.05, 0) is 43.0 Å². The molecule has 0 unspecified atom stereocenters. The zero-order valence-corrected chi connectivity index (χ0v) is 17.0. The number of hydrogen-bond acceptors (Lipinski definition) is 7. The fraction of sp³-hybridized carbons (Fsp3) is 0.435. The van der Waals surface area contributed by atoms with Crippen LogP contribution in [0.25, 0.3) is 11.0 Å². The number of anilines is 2. The molecule has 0 bridgehead atoms. The van der Waals surface area contributed by atoms with E-state index < -0.39 is 0 Å². The molecule has 0 amide bonds. The molecule has 3 aromatic rings. The molecule has 0 radical (unpaired) electrons. The van der Waals surface area contributed by atoms with Crippen LogP contribution in [0.3, 0.4) is 0 Å². The fourth-order valence-electron chi connectivity index (χ4n) is 3.88. The van der Waals surface area contributed by atoms with Gasteiger partial charge >= 0.3 is 0 Å². The van der Waals surface area contributed by atoms with Crippen molar-refractivity contribution in [1.29, 1.82) is 0 Å². The molecule has 1 aromatic carbocycles. The van der Waals surface area contributed by atoms with Crippen LogP contribution in [-0.2, 0) is 6.42 Å². The van der Waals surface area contributed by atoms with Crippen molar-refractivity contribution in [2.24, 2.45) is 0 Å². The number of rotatable bonds is 7. The molecule has 30 heavy (non-hydrogen) atoms. The third-order valence-corrected chi connectivity index (χ3v) is 5.73. The quantitative estimate of drug-likeness (QED) is 0.625. The van der Waals surface area contributed by atoms with E-state index in [9.17, 15) is 0 Å². The lowest BCUT2D eigenvalue weighted by Gasteiger charge is -2.33. The number of piperidine rings is 1. The highest BCUT2D eigenvalue weighted by Gasteiger charge is 2.28. The molecule has 7 heteroatoms. The van der Waals surface area contributed by atoms with Crippen LogP contribution in [0.1, 0.15) is 31.2 Å². The molecule has 5 rings (SSSR count). The van der Waals surface area contributed by atoms with Gasteiger partial charge in [-0.3, -0.25) is 4.98 Å². The number of benzene rings is 1. The molecule has 7 nitrogen and oxygen atoms in total. The van der Waals surface area contributed by atoms with Crippen LogP contribution in [0.2, 0.25) is 0 Å². The van der Waals surface area contributed by atoms with Crippen LogP contribution in [0.4, 0.5) is 11.6 Å². The third kappa shape index (κ3) is 4.31. The van der Waals surface area contributed by atoms with Crippen molar-refractivity contribution < 1.29 is 9.84 Å². The second-order valence-electron chi connectivity index (χ2n) is 8.10. The SMILES string of the molecule is OCCc1ccc(OC2CCN(c3nc4cnccc4nc3NC3CC3)CC2)cc1. The van der Waals surface area contributed by atoms with E-state index in [4.69, 9.17) is 19.8 Å². The molecule has 1 aliphatic carbocycles. The van der Waals surface area contributed by atoms with E-state index in [-0.39, 0.29) is 12.7 Å². The van der Waals surface area contributed by atoms with E-state index in [1.165, 1.54) is 12.8 Å². The van der Waals surface area contributed by atoms with Gasteiger partial charge in [-0.1, -0.05) is 12.1 Å². The van der Waals surface area contributed by atoms with Gasteiger partial charge in [-0.2, -0.15) is 0 Å². The average molecular weight is 406 g/mol. The van der Waals surface area contributed by atoms with Gasteiger partial charge in [0.2, 0.25) is 0 Å². The van der Waals surface area contributed by atoms with E-state index in [1.807, 2.05) is 30.3 Å². The topological polar surface area (TPSA) is 83.4 Å². The summed E-state index contributed by atoms with van der Waals surface area (Å²) in [5.41, 5.74) is 2.83. The number of aliphatic hydroxyl groups is 1. The van der Waals surface area contributed by atoms with Crippen molar-refractivity contribution in [2.75, 3.05) is 29.9 Å². The molecule has 2 N–H and O–H groups in total. The van der Waals surface area contributed by atoms with Crippen molar-refractivity contribution in [3.8, 4) is 5.75 Å². The minimum Gasteiger partial charge on any atom is -0.490 e. The zero-order valence-electron chi connectivity index (χ0n) is 17.0. The molecule has 0 spiro atoms. The van der Waals surface area contributed by atoms with Gasteiger partial charge in [0.15, 0.2) is 11.6 Å². The van der Waals surface area contributed by atoms with Gasteiger partial charge in [-0.15, -0.1) is 0 Å². The Bertz CT molecular complexity index is 998. The summed E-state index contributed by atoms with van der Waals surface area (Å²) in [6.07, 6.45) is 8.69. The standard InChI is InChI=1S/C23H27N5O2/c29-14-10-16-1-5-18(6-2-16)30-19-8-12-28(13-9-19)23-22(25-17-3-4-17)26-20-7-11-24-15-21(20)27-23/h1-2,5-7,11,15,17,19,29H,3-4,8-10,12-14H2,(H,25,26). The van der Waals surface area contributed by atoms with Crippen molar-refractivity contribution in [3.05, 3.63) is 48.3 Å². The number of aromatic nitrogens is 3. The van der Waals surface area contributed by atoms with Crippen LogP contribution >= 0.6 is 0 Å². The predicted octanol–water partition coefficient (Wildman–Crippen LogP) is 3.18. The molecule has 156 valence electrons. The summed E-state index contributed by atoms with van der Waals surface area (Å²) in [5.74, 6) is 2.70. The first-order chi connectivity index (χ1) is 14.8. The number of nitrogens with zero attached hydrogens (tertiary/aromatic N) is 4. The van der Waals surface area contributed by atoms with E-state index in [0.717, 1.165) is 59.9 Å². The van der Waals surface area contributed by atoms with E-state index in [0.29, 0.717) is 12.5 Å². The van der Waals surface area contributed by atoms with Gasteiger partial charge < -0.3 is 20.1 Å². The Labute approximate surface area is 176 Å². The fourth-order valence-corrected chi connectivity index (χ4v) is 3.88. The maximum atomic E-state index is 9.05. The third-order valence-electron chi connectivity index (χ3n) is 5.73. The van der Waals surface area contributed by atoms with Crippen molar-refractivity contribution in [3.63, 3.8) is 0 Å². The first-order valence-electron chi connectivity index (χ1n) is 10.8. The summed E-state index contributed by atoms with van der Waals surface area (Å²) in [6.45, 7) is 1.93. The van der Waals surface area contributed by atoms with Crippen molar-refractivity contribution >= 4 is 22.7 Å². The Morgan fingerprint density at radius 3 is 2.53 bits per heavy atom. The largest absolute Gasteiger partial charge is 0.490 e. The summed E-state index contributed by atoms with van der Waals surface area (Å²) < 4.78 is 6.20. The average Bonchev–Trinajstić information content (AvgIpc) is 3.60. The molecule has 2 aromatic heterocycles. The van der Waals surface area contributed by atoms with E-state index >= 15 is 0 Å². The van der Waals surface area contributed by atoms with Crippen LogP contribution in [-0.4, -0.2) is 51.9 Å². The number of fused-ring (bicyclic) bond motifs is 1. The maximum absolute atomic E-state index is 9.05. The summed E-state index contributed by atoms with van der Waals surface area (Å²) in [4.78, 5) is 16.2. The minimum absolute atomic E-state index is 0.171. The van der Waals surface area contributed by atoms with Crippen LogP contribution in [0.15, 0.2) is 42.7 Å². The van der Waals surface area contributed by atoms with E-state index in [1.54, 1.807) is 12.4 Å². The van der Waals surface area contributed by atoms with Crippen molar-refractivity contribution in [2.45, 2.75) is 44.2 Å². The molecule has 1 saturated carbocycles. The highest BCUT2D eigenvalue weighted by Crippen LogP contribution is 2.32. The Morgan fingerprint density at radius 1 is 1.00 bits per heavy atom. The Kier molecular flexibility index (Phi) is 5.36. The van der Waals surface area contributed by atoms with Crippen LogP contribution in [0, 0.1) is 0 Å². The minimum atomic E-state index is 0.171. The molecule has 1 saturated heterocycles. The van der Waals surface area contributed by atoms with Gasteiger partial charge in [0.05, 0.1) is 11.7 Å². The summed E-state index contributed by atoms with van der Waals surface area (Å²) >= 11 is 0. The molecule has 1 aliphatic heterocycles. The molecule has 2 aliphatic rings. The van der Waals surface area contributed by atoms with Gasteiger partial charge in [0.1, 0.15) is 17.4 Å². The Morgan fingerprint density at radius 2 is 1.80 bits per heavy atom. The normalized spacial score (nSPS) is 17.3. The number of nitrogens with one attached hydrogen (secondary N) is 1. The Balaban J connectivity index is 1.27. The van der Waals surface area contributed by atoms with Crippen LogP contribution < -0.4 is 15.0 Å². The van der Waals surface area contributed by atoms with Gasteiger partial charge in [0, 0.05) is 44.8 Å². The molecule has 0 atom stereocenters. The number of pyridine rings is 1. The van der Waals surface area contributed by atoms with Gasteiger partial charge in [-0.25, -0.2) is 9.97 Å². The zero-order chi connectivity index (χ0) is 20.3. The lowest BCUT2D eigenvalue weighted by molar-refractivity contribution is 0.170. The van der Waals surface area contributed by atoms with Crippen molar-refractivity contribution in [1.82, 2.24) is 15.0 Å². The van der Waals surface area contributed by atoms with Crippen LogP contribution in [0.5, 0.6) is 5.75 Å². The summed E-state index contributed by atoms with van der Waals surface area (Å²) in [7, 11) is 0. The smallest absolute Gasteiger partial charge is 0.172 e. The first kappa shape index (κ1) is 19.1. The molecular weight excluding hydrogens is 378 g/mol. The lowest BCUT2D eigenvalue weighted by atomic mass is 10.1.